The van der Waals surface area contributed by atoms with Crippen molar-refractivity contribution < 1.29 is 18.7 Å². The summed E-state index contributed by atoms with van der Waals surface area (Å²) in [5, 5.41) is 4.12. The second-order valence-corrected chi connectivity index (χ2v) is 11.7. The first kappa shape index (κ1) is 31.8. The Bertz CT molecular complexity index is 1330. The molecular formula is C36H50N2O4. The minimum absolute atomic E-state index is 0.309. The van der Waals surface area contributed by atoms with Crippen LogP contribution in [0.2, 0.25) is 0 Å². The Hall–Kier alpha value is -3.12. The number of furan rings is 1. The van der Waals surface area contributed by atoms with Crippen LogP contribution < -0.4 is 5.32 Å². The molecule has 1 amide bonds. The number of carbonyl (C=O) groups excluding carboxylic acids is 2. The van der Waals surface area contributed by atoms with Crippen molar-refractivity contribution in [1.29, 1.82) is 0 Å². The lowest BCUT2D eigenvalue weighted by Crippen LogP contribution is -2.42. The summed E-state index contributed by atoms with van der Waals surface area (Å²) in [5.41, 5.74) is 4.43. The van der Waals surface area contributed by atoms with E-state index in [1.54, 1.807) is 12.1 Å². The topological polar surface area (TPSA) is 71.8 Å². The first-order valence-corrected chi connectivity index (χ1v) is 16.3. The predicted molar refractivity (Wildman–Crippen MR) is 172 cm³/mol. The molecule has 42 heavy (non-hydrogen) atoms. The second-order valence-electron chi connectivity index (χ2n) is 11.7. The summed E-state index contributed by atoms with van der Waals surface area (Å²) in [6.07, 6.45) is 11.9. The third-order valence-electron chi connectivity index (χ3n) is 8.83. The van der Waals surface area contributed by atoms with E-state index in [2.05, 4.69) is 31.0 Å². The Labute approximate surface area is 252 Å². The molecule has 1 aliphatic rings. The number of rotatable bonds is 15. The van der Waals surface area contributed by atoms with Crippen LogP contribution in [-0.2, 0) is 24.0 Å². The summed E-state index contributed by atoms with van der Waals surface area (Å²) in [6.45, 7) is 12.1. The fraction of sp³-hybridized carbons (Fsp3) is 0.556. The van der Waals surface area contributed by atoms with Crippen molar-refractivity contribution in [3.8, 4) is 0 Å². The lowest BCUT2D eigenvalue weighted by atomic mass is 10.0. The van der Waals surface area contributed by atoms with Gasteiger partial charge in [-0.3, -0.25) is 9.69 Å². The van der Waals surface area contributed by atoms with Gasteiger partial charge >= 0.3 is 5.97 Å². The van der Waals surface area contributed by atoms with Gasteiger partial charge in [0.2, 0.25) is 0 Å². The number of nitrogens with one attached hydrogen (secondary N) is 1. The Morgan fingerprint density at radius 1 is 0.952 bits per heavy atom. The zero-order valence-corrected chi connectivity index (χ0v) is 26.4. The van der Waals surface area contributed by atoms with Gasteiger partial charge in [-0.05, 0) is 87.3 Å². The normalized spacial score (nSPS) is 13.9. The predicted octanol–water partition coefficient (Wildman–Crippen LogP) is 8.74. The first-order valence-electron chi connectivity index (χ1n) is 16.3. The maximum absolute atomic E-state index is 13.5. The third-order valence-corrected chi connectivity index (χ3v) is 8.83. The highest BCUT2D eigenvalue weighted by Gasteiger charge is 2.28. The molecular weight excluding hydrogens is 524 g/mol. The van der Waals surface area contributed by atoms with Crippen molar-refractivity contribution in [3.63, 3.8) is 0 Å². The smallest absolute Gasteiger partial charge is 0.338 e. The number of nitrogens with zero attached hydrogens (tertiary/aromatic N) is 1. The molecule has 4 rings (SSSR count). The van der Waals surface area contributed by atoms with Crippen LogP contribution in [0.25, 0.3) is 11.0 Å². The number of ether oxygens (including phenoxy) is 1. The number of carbonyl (C=O) groups is 2. The molecule has 3 aromatic rings. The highest BCUT2D eigenvalue weighted by atomic mass is 16.5. The standard InChI is InChI=1S/C36H50N2O4/c1-6-13-33-29(20-21-38(27(9-4)10-5)28-14-11-12-15-28)31-24-26(17-19-34(31)42-33)37-35(39)30-18-16-25(8-3)23-32(30)36(40)41-22-7-2/h16-19,23-24,27-28H,6-15,20-22H2,1-5H3,(H,37,39). The maximum Gasteiger partial charge on any atom is 0.338 e. The van der Waals surface area contributed by atoms with E-state index in [1.807, 2.05) is 38.1 Å². The van der Waals surface area contributed by atoms with Crippen molar-refractivity contribution in [3.05, 3.63) is 64.4 Å². The van der Waals surface area contributed by atoms with Crippen LogP contribution in [0.3, 0.4) is 0 Å². The number of amides is 1. The van der Waals surface area contributed by atoms with E-state index in [4.69, 9.17) is 9.15 Å². The molecule has 1 N–H and O–H groups in total. The van der Waals surface area contributed by atoms with Crippen LogP contribution in [-0.4, -0.2) is 42.0 Å². The van der Waals surface area contributed by atoms with Crippen LogP contribution >= 0.6 is 0 Å². The zero-order chi connectivity index (χ0) is 30.1. The van der Waals surface area contributed by atoms with Crippen molar-refractivity contribution in [2.45, 2.75) is 117 Å². The molecule has 0 bridgehead atoms. The molecule has 0 radical (unpaired) electrons. The number of benzene rings is 2. The average molecular weight is 575 g/mol. The lowest BCUT2D eigenvalue weighted by molar-refractivity contribution is 0.0502. The van der Waals surface area contributed by atoms with Gasteiger partial charge in [-0.1, -0.05) is 53.5 Å². The van der Waals surface area contributed by atoms with Gasteiger partial charge in [0.1, 0.15) is 11.3 Å². The van der Waals surface area contributed by atoms with Crippen molar-refractivity contribution in [2.75, 3.05) is 18.5 Å². The van der Waals surface area contributed by atoms with Crippen LogP contribution in [0.1, 0.15) is 124 Å². The van der Waals surface area contributed by atoms with Crippen LogP contribution in [0.5, 0.6) is 0 Å². The van der Waals surface area contributed by atoms with Crippen LogP contribution in [0.15, 0.2) is 40.8 Å². The number of anilines is 1. The van der Waals surface area contributed by atoms with E-state index in [0.29, 0.717) is 35.5 Å². The van der Waals surface area contributed by atoms with Gasteiger partial charge in [0.25, 0.3) is 5.91 Å². The van der Waals surface area contributed by atoms with Gasteiger partial charge in [-0.2, -0.15) is 0 Å². The number of aryl methyl sites for hydroxylation is 2. The van der Waals surface area contributed by atoms with Crippen LogP contribution in [0, 0.1) is 0 Å². The monoisotopic (exact) mass is 574 g/mol. The summed E-state index contributed by atoms with van der Waals surface area (Å²) in [7, 11) is 0. The Kier molecular flexibility index (Phi) is 11.6. The Morgan fingerprint density at radius 2 is 1.71 bits per heavy atom. The van der Waals surface area contributed by atoms with Gasteiger partial charge in [0, 0.05) is 41.7 Å². The number of esters is 1. The highest BCUT2D eigenvalue weighted by Crippen LogP contribution is 2.32. The van der Waals surface area contributed by atoms with E-state index >= 15 is 0 Å². The molecule has 6 nitrogen and oxygen atoms in total. The van der Waals surface area contributed by atoms with E-state index < -0.39 is 5.97 Å². The van der Waals surface area contributed by atoms with Gasteiger partial charge in [-0.15, -0.1) is 0 Å². The molecule has 1 aromatic heterocycles. The van der Waals surface area contributed by atoms with Crippen LogP contribution in [0.4, 0.5) is 5.69 Å². The molecule has 0 unspecified atom stereocenters. The molecule has 0 spiro atoms. The van der Waals surface area contributed by atoms with Crippen molar-refractivity contribution >= 4 is 28.5 Å². The zero-order valence-electron chi connectivity index (χ0n) is 26.4. The fourth-order valence-corrected chi connectivity index (χ4v) is 6.53. The Morgan fingerprint density at radius 3 is 2.38 bits per heavy atom. The molecule has 0 aliphatic heterocycles. The molecule has 6 heteroatoms. The van der Waals surface area contributed by atoms with Gasteiger partial charge < -0.3 is 14.5 Å². The van der Waals surface area contributed by atoms with Gasteiger partial charge in [0.05, 0.1) is 17.7 Å². The number of fused-ring (bicyclic) bond motifs is 1. The van der Waals surface area contributed by atoms with E-state index in [0.717, 1.165) is 60.9 Å². The summed E-state index contributed by atoms with van der Waals surface area (Å²) in [6, 6.07) is 12.6. The molecule has 0 saturated heterocycles. The molecule has 0 atom stereocenters. The van der Waals surface area contributed by atoms with Crippen molar-refractivity contribution in [2.24, 2.45) is 0 Å². The maximum atomic E-state index is 13.5. The molecule has 1 aliphatic carbocycles. The summed E-state index contributed by atoms with van der Waals surface area (Å²) in [4.78, 5) is 29.1. The van der Waals surface area contributed by atoms with E-state index in [1.165, 1.54) is 44.1 Å². The Balaban J connectivity index is 1.61. The SMILES string of the molecule is CCCOC(=O)c1cc(CC)ccc1C(=O)Nc1ccc2oc(CCC)c(CCN(C(CC)CC)C3CCCC3)c2c1. The summed E-state index contributed by atoms with van der Waals surface area (Å²) >= 11 is 0. The number of hydrogen-bond donors (Lipinski definition) is 1. The van der Waals surface area contributed by atoms with Crippen molar-refractivity contribution in [1.82, 2.24) is 4.90 Å². The largest absolute Gasteiger partial charge is 0.462 e. The quantitative estimate of drug-likeness (QED) is 0.184. The highest BCUT2D eigenvalue weighted by molar-refractivity contribution is 6.11. The lowest BCUT2D eigenvalue weighted by Gasteiger charge is -2.36. The fourth-order valence-electron chi connectivity index (χ4n) is 6.53. The van der Waals surface area contributed by atoms with E-state index in [9.17, 15) is 9.59 Å². The minimum atomic E-state index is -0.460. The molecule has 2 aromatic carbocycles. The summed E-state index contributed by atoms with van der Waals surface area (Å²) in [5.74, 6) is 0.279. The summed E-state index contributed by atoms with van der Waals surface area (Å²) < 4.78 is 11.8. The van der Waals surface area contributed by atoms with Gasteiger partial charge in [0.15, 0.2) is 0 Å². The number of hydrogen-bond acceptors (Lipinski definition) is 5. The first-order chi connectivity index (χ1) is 20.4. The third kappa shape index (κ3) is 7.44. The second kappa shape index (κ2) is 15.4. The molecule has 1 saturated carbocycles. The molecule has 228 valence electrons. The van der Waals surface area contributed by atoms with Gasteiger partial charge in [-0.25, -0.2) is 4.79 Å². The molecule has 1 fully saturated rings. The minimum Gasteiger partial charge on any atom is -0.462 e. The van der Waals surface area contributed by atoms with E-state index in [-0.39, 0.29) is 5.91 Å². The average Bonchev–Trinajstić information content (AvgIpc) is 3.66. The molecule has 1 heterocycles.